The lowest BCUT2D eigenvalue weighted by Gasteiger charge is -2.16. The van der Waals surface area contributed by atoms with Crippen LogP contribution in [-0.2, 0) is 12.8 Å². The Morgan fingerprint density at radius 3 is 1.83 bits per heavy atom. The summed E-state index contributed by atoms with van der Waals surface area (Å²) in [7, 11) is 0. The monoisotopic (exact) mass is 446 g/mol. The van der Waals surface area contributed by atoms with Crippen LogP contribution in [-0.4, -0.2) is 9.38 Å². The van der Waals surface area contributed by atoms with Gasteiger partial charge in [0.2, 0.25) is 0 Å². The summed E-state index contributed by atoms with van der Waals surface area (Å²) in [6.07, 6.45) is 8.79. The summed E-state index contributed by atoms with van der Waals surface area (Å²) in [5.41, 5.74) is 14.0. The van der Waals surface area contributed by atoms with Gasteiger partial charge in [-0.1, -0.05) is 91.0 Å². The highest BCUT2D eigenvalue weighted by Gasteiger charge is 2.26. The number of benzene rings is 4. The Bertz CT molecular complexity index is 1900. The number of aromatic nitrogens is 2. The van der Waals surface area contributed by atoms with E-state index in [1.165, 1.54) is 60.8 Å². The summed E-state index contributed by atoms with van der Waals surface area (Å²) >= 11 is 0. The largest absolute Gasteiger partial charge is 0.299 e. The van der Waals surface area contributed by atoms with Gasteiger partial charge in [0.05, 0.1) is 11.0 Å². The van der Waals surface area contributed by atoms with Crippen LogP contribution in [0.4, 0.5) is 0 Å². The standard InChI is InChI=1S/C33H22N2/c1-2-10-22-18-25(17-21(22)9-1)30-27-13-5-6-14-28(27)31(26-19-23-11-3-4-12-24(23)20-26)33-32(30)34-29-15-7-8-16-35(29)33/h1-17,19H,18,20H2. The number of imidazole rings is 1. The number of rotatable bonds is 2. The van der Waals surface area contributed by atoms with Crippen LogP contribution in [0.2, 0.25) is 0 Å². The highest BCUT2D eigenvalue weighted by Crippen LogP contribution is 2.45. The Hall–Kier alpha value is -4.43. The molecular weight excluding hydrogens is 424 g/mol. The zero-order valence-electron chi connectivity index (χ0n) is 19.2. The predicted molar refractivity (Wildman–Crippen MR) is 146 cm³/mol. The minimum absolute atomic E-state index is 0.941. The minimum Gasteiger partial charge on any atom is -0.299 e. The van der Waals surface area contributed by atoms with Crippen molar-refractivity contribution < 1.29 is 0 Å². The maximum atomic E-state index is 5.25. The molecule has 0 saturated carbocycles. The van der Waals surface area contributed by atoms with Gasteiger partial charge in [-0.15, -0.1) is 0 Å². The van der Waals surface area contributed by atoms with Gasteiger partial charge in [0.1, 0.15) is 5.65 Å². The van der Waals surface area contributed by atoms with Crippen molar-refractivity contribution >= 4 is 50.8 Å². The van der Waals surface area contributed by atoms with E-state index in [0.717, 1.165) is 24.0 Å². The maximum absolute atomic E-state index is 5.25. The van der Waals surface area contributed by atoms with E-state index in [1.807, 2.05) is 0 Å². The number of nitrogens with zero attached hydrogens (tertiary/aromatic N) is 2. The predicted octanol–water partition coefficient (Wildman–Crippen LogP) is 7.83. The first-order chi connectivity index (χ1) is 17.3. The van der Waals surface area contributed by atoms with E-state index in [1.54, 1.807) is 0 Å². The summed E-state index contributed by atoms with van der Waals surface area (Å²) in [6.45, 7) is 0. The topological polar surface area (TPSA) is 17.3 Å². The second-order valence-electron chi connectivity index (χ2n) is 9.62. The molecular formula is C33H22N2. The third kappa shape index (κ3) is 2.68. The Morgan fingerprint density at radius 1 is 0.571 bits per heavy atom. The van der Waals surface area contributed by atoms with Crippen LogP contribution in [0.3, 0.4) is 0 Å². The molecule has 2 heteroatoms. The zero-order chi connectivity index (χ0) is 22.9. The molecule has 0 unspecified atom stereocenters. The summed E-state index contributed by atoms with van der Waals surface area (Å²) < 4.78 is 2.28. The lowest BCUT2D eigenvalue weighted by molar-refractivity contribution is 1.22. The third-order valence-corrected chi connectivity index (χ3v) is 7.64. The molecule has 2 nitrogen and oxygen atoms in total. The summed E-state index contributed by atoms with van der Waals surface area (Å²) in [5.74, 6) is 0. The molecule has 0 saturated heterocycles. The summed E-state index contributed by atoms with van der Waals surface area (Å²) in [6, 6.07) is 32.7. The zero-order valence-corrected chi connectivity index (χ0v) is 19.2. The number of pyridine rings is 1. The Kier molecular flexibility index (Phi) is 3.81. The first-order valence-electron chi connectivity index (χ1n) is 12.2. The molecule has 0 amide bonds. The Morgan fingerprint density at radius 2 is 1.14 bits per heavy atom. The third-order valence-electron chi connectivity index (χ3n) is 7.64. The number of hydrogen-bond acceptors (Lipinski definition) is 1. The molecule has 4 aromatic carbocycles. The number of allylic oxidation sites excluding steroid dienone is 2. The van der Waals surface area contributed by atoms with Gasteiger partial charge in [0.25, 0.3) is 0 Å². The molecule has 164 valence electrons. The molecule has 0 radical (unpaired) electrons. The molecule has 0 bridgehead atoms. The summed E-state index contributed by atoms with van der Waals surface area (Å²) in [4.78, 5) is 5.25. The van der Waals surface area contributed by atoms with Crippen molar-refractivity contribution in [3.05, 3.63) is 131 Å². The van der Waals surface area contributed by atoms with Crippen LogP contribution in [0, 0.1) is 0 Å². The molecule has 0 N–H and O–H groups in total. The van der Waals surface area contributed by atoms with Gasteiger partial charge in [-0.25, -0.2) is 4.98 Å². The molecule has 35 heavy (non-hydrogen) atoms. The van der Waals surface area contributed by atoms with Crippen molar-refractivity contribution in [1.82, 2.24) is 9.38 Å². The van der Waals surface area contributed by atoms with E-state index in [9.17, 15) is 0 Å². The van der Waals surface area contributed by atoms with Gasteiger partial charge in [-0.3, -0.25) is 4.40 Å². The molecule has 2 aliphatic rings. The molecule has 0 atom stereocenters. The van der Waals surface area contributed by atoms with Crippen LogP contribution >= 0.6 is 0 Å². The second kappa shape index (κ2) is 7.04. The first kappa shape index (κ1) is 18.9. The molecule has 2 aromatic heterocycles. The fourth-order valence-electron chi connectivity index (χ4n) is 6.11. The van der Waals surface area contributed by atoms with E-state index in [4.69, 9.17) is 4.98 Å². The van der Waals surface area contributed by atoms with Gasteiger partial charge in [0, 0.05) is 17.3 Å². The van der Waals surface area contributed by atoms with Crippen molar-refractivity contribution in [3.63, 3.8) is 0 Å². The fourth-order valence-corrected chi connectivity index (χ4v) is 6.11. The van der Waals surface area contributed by atoms with Crippen molar-refractivity contribution in [2.75, 3.05) is 0 Å². The first-order valence-corrected chi connectivity index (χ1v) is 12.2. The average molecular weight is 447 g/mol. The van der Waals surface area contributed by atoms with Crippen molar-refractivity contribution in [3.8, 4) is 0 Å². The molecule has 2 aliphatic carbocycles. The lowest BCUT2D eigenvalue weighted by Crippen LogP contribution is -1.97. The van der Waals surface area contributed by atoms with Crippen LogP contribution < -0.4 is 0 Å². The van der Waals surface area contributed by atoms with Crippen LogP contribution in [0.25, 0.3) is 50.8 Å². The van der Waals surface area contributed by atoms with Crippen molar-refractivity contribution in [2.24, 2.45) is 0 Å². The van der Waals surface area contributed by atoms with E-state index in [2.05, 4.69) is 114 Å². The van der Waals surface area contributed by atoms with E-state index in [0.29, 0.717) is 0 Å². The van der Waals surface area contributed by atoms with Crippen LogP contribution in [0.1, 0.15) is 33.4 Å². The van der Waals surface area contributed by atoms with E-state index in [-0.39, 0.29) is 0 Å². The Balaban J connectivity index is 1.51. The van der Waals surface area contributed by atoms with Gasteiger partial charge in [-0.05, 0) is 69.1 Å². The minimum atomic E-state index is 0.941. The number of fused-ring (bicyclic) bond motifs is 6. The van der Waals surface area contributed by atoms with Crippen molar-refractivity contribution in [1.29, 1.82) is 0 Å². The van der Waals surface area contributed by atoms with Crippen LogP contribution in [0.5, 0.6) is 0 Å². The maximum Gasteiger partial charge on any atom is 0.137 e. The normalized spacial score (nSPS) is 14.4. The molecule has 8 rings (SSSR count). The fraction of sp³-hybridized carbons (Fsp3) is 0.0606. The second-order valence-corrected chi connectivity index (χ2v) is 9.62. The average Bonchev–Trinajstić information content (AvgIpc) is 3.61. The van der Waals surface area contributed by atoms with Gasteiger partial charge >= 0.3 is 0 Å². The van der Waals surface area contributed by atoms with E-state index < -0.39 is 0 Å². The quantitative estimate of drug-likeness (QED) is 0.265. The summed E-state index contributed by atoms with van der Waals surface area (Å²) in [5, 5.41) is 2.59. The van der Waals surface area contributed by atoms with Crippen LogP contribution in [0.15, 0.2) is 97.2 Å². The molecule has 6 aromatic rings. The van der Waals surface area contributed by atoms with Crippen molar-refractivity contribution in [2.45, 2.75) is 12.8 Å². The molecule has 0 fully saturated rings. The lowest BCUT2D eigenvalue weighted by atomic mass is 9.89. The Labute approximate surface area is 203 Å². The molecule has 0 spiro atoms. The molecule has 2 heterocycles. The van der Waals surface area contributed by atoms with Gasteiger partial charge in [-0.2, -0.15) is 0 Å². The highest BCUT2D eigenvalue weighted by molar-refractivity contribution is 6.18. The molecule has 0 aliphatic heterocycles. The van der Waals surface area contributed by atoms with Gasteiger partial charge in [0.15, 0.2) is 0 Å². The SMILES string of the molecule is C1=C(c2c3ccccc3c(C3=Cc4ccccc4C3)c3c2nc2ccccn23)Cc2ccccc21. The van der Waals surface area contributed by atoms with Gasteiger partial charge < -0.3 is 0 Å². The number of hydrogen-bond donors (Lipinski definition) is 0. The van der Waals surface area contributed by atoms with E-state index >= 15 is 0 Å². The highest BCUT2D eigenvalue weighted by atomic mass is 15.0. The smallest absolute Gasteiger partial charge is 0.137 e.